The molecule has 1 amide bonds. The van der Waals surface area contributed by atoms with E-state index in [4.69, 9.17) is 4.74 Å². The van der Waals surface area contributed by atoms with Gasteiger partial charge in [-0.2, -0.15) is 4.99 Å². The number of ether oxygens (including phenoxy) is 1. The first-order valence-corrected chi connectivity index (χ1v) is 7.92. The number of rotatable bonds is 3. The van der Waals surface area contributed by atoms with Gasteiger partial charge in [0, 0.05) is 12.4 Å². The summed E-state index contributed by atoms with van der Waals surface area (Å²) in [6.07, 6.45) is 4.27. The Morgan fingerprint density at radius 2 is 2.17 bits per heavy atom. The highest BCUT2D eigenvalue weighted by atomic mass is 32.1. The first-order chi connectivity index (χ1) is 11.6. The summed E-state index contributed by atoms with van der Waals surface area (Å²) in [4.78, 5) is 36.3. The van der Waals surface area contributed by atoms with Crippen LogP contribution in [0.1, 0.15) is 16.1 Å². The lowest BCUT2D eigenvalue weighted by Crippen LogP contribution is -2.22. The van der Waals surface area contributed by atoms with Crippen molar-refractivity contribution in [2.24, 2.45) is 4.99 Å². The van der Waals surface area contributed by atoms with Crippen molar-refractivity contribution in [2.75, 3.05) is 7.11 Å². The second-order valence-corrected chi connectivity index (χ2v) is 6.03. The average molecular weight is 342 g/mol. The van der Waals surface area contributed by atoms with Gasteiger partial charge in [0.25, 0.3) is 5.91 Å². The van der Waals surface area contributed by atoms with E-state index in [0.717, 1.165) is 15.8 Å². The second kappa shape index (κ2) is 6.71. The van der Waals surface area contributed by atoms with E-state index in [1.165, 1.54) is 37.0 Å². The van der Waals surface area contributed by atoms with Crippen molar-refractivity contribution in [1.82, 2.24) is 14.5 Å². The minimum absolute atomic E-state index is 0.0217. The number of esters is 1. The number of fused-ring (bicyclic) bond motifs is 1. The molecule has 0 aliphatic rings. The van der Waals surface area contributed by atoms with Crippen molar-refractivity contribution in [2.45, 2.75) is 13.5 Å². The lowest BCUT2D eigenvalue weighted by Gasteiger charge is -2.03. The summed E-state index contributed by atoms with van der Waals surface area (Å²) in [6, 6.07) is 5.83. The molecule has 0 N–H and O–H groups in total. The van der Waals surface area contributed by atoms with E-state index in [9.17, 15) is 9.59 Å². The monoisotopic (exact) mass is 342 g/mol. The molecule has 8 heteroatoms. The highest BCUT2D eigenvalue weighted by molar-refractivity contribution is 7.16. The van der Waals surface area contributed by atoms with Crippen LogP contribution in [0.5, 0.6) is 0 Å². The molecule has 0 bridgehead atoms. The van der Waals surface area contributed by atoms with E-state index < -0.39 is 11.9 Å². The number of methoxy groups -OCH3 is 1. The van der Waals surface area contributed by atoms with Gasteiger partial charge in [-0.05, 0) is 24.6 Å². The summed E-state index contributed by atoms with van der Waals surface area (Å²) in [5, 5.41) is 0. The van der Waals surface area contributed by atoms with E-state index in [1.54, 1.807) is 4.57 Å². The molecule has 0 fully saturated rings. The molecule has 122 valence electrons. The lowest BCUT2D eigenvalue weighted by atomic mass is 10.2. The Hall–Kier alpha value is -2.87. The minimum atomic E-state index is -0.509. The fourth-order valence-corrected chi connectivity index (χ4v) is 3.29. The first kappa shape index (κ1) is 16.0. The Kier molecular flexibility index (Phi) is 4.48. The second-order valence-electron chi connectivity index (χ2n) is 5.03. The summed E-state index contributed by atoms with van der Waals surface area (Å²) >= 11 is 1.33. The number of carbonyl (C=O) groups excluding carboxylic acids is 2. The molecule has 3 aromatic rings. The molecule has 3 rings (SSSR count). The number of thiazole rings is 1. The molecule has 0 radical (unpaired) electrons. The fraction of sp³-hybridized carbons (Fsp3) is 0.188. The van der Waals surface area contributed by atoms with Crippen molar-refractivity contribution in [1.29, 1.82) is 0 Å². The largest absolute Gasteiger partial charge is 0.468 e. The highest BCUT2D eigenvalue weighted by Gasteiger charge is 2.13. The summed E-state index contributed by atoms with van der Waals surface area (Å²) < 4.78 is 7.34. The number of aromatic nitrogens is 3. The number of hydrogen-bond acceptors (Lipinski definition) is 6. The van der Waals surface area contributed by atoms with E-state index in [0.29, 0.717) is 4.80 Å². The first-order valence-electron chi connectivity index (χ1n) is 7.10. The van der Waals surface area contributed by atoms with Crippen molar-refractivity contribution < 1.29 is 14.3 Å². The molecule has 1 aromatic carbocycles. The van der Waals surface area contributed by atoms with Gasteiger partial charge in [-0.25, -0.2) is 4.98 Å². The van der Waals surface area contributed by atoms with Gasteiger partial charge in [-0.3, -0.25) is 14.6 Å². The summed E-state index contributed by atoms with van der Waals surface area (Å²) in [5.41, 5.74) is 2.05. The Morgan fingerprint density at radius 3 is 2.88 bits per heavy atom. The Balaban J connectivity index is 2.15. The Bertz CT molecular complexity index is 976. The van der Waals surface area contributed by atoms with Crippen molar-refractivity contribution in [3.8, 4) is 0 Å². The zero-order chi connectivity index (χ0) is 17.1. The number of benzene rings is 1. The minimum Gasteiger partial charge on any atom is -0.468 e. The lowest BCUT2D eigenvalue weighted by molar-refractivity contribution is -0.141. The van der Waals surface area contributed by atoms with E-state index in [1.807, 2.05) is 25.1 Å². The van der Waals surface area contributed by atoms with Crippen molar-refractivity contribution in [3.05, 3.63) is 52.8 Å². The molecule has 0 saturated heterocycles. The topological polar surface area (TPSA) is 86.4 Å². The molecule has 0 aliphatic carbocycles. The van der Waals surface area contributed by atoms with Gasteiger partial charge < -0.3 is 9.30 Å². The number of carbonyl (C=O) groups is 2. The number of amides is 1. The van der Waals surface area contributed by atoms with Crippen LogP contribution in [0.2, 0.25) is 0 Å². The van der Waals surface area contributed by atoms with Crippen LogP contribution in [0.4, 0.5) is 0 Å². The molecule has 7 nitrogen and oxygen atoms in total. The summed E-state index contributed by atoms with van der Waals surface area (Å²) in [7, 11) is 1.32. The molecule has 0 aliphatic heterocycles. The van der Waals surface area contributed by atoms with Gasteiger partial charge in [0.1, 0.15) is 12.2 Å². The zero-order valence-corrected chi connectivity index (χ0v) is 13.9. The molecular weight excluding hydrogens is 328 g/mol. The maximum Gasteiger partial charge on any atom is 0.325 e. The van der Waals surface area contributed by atoms with Gasteiger partial charge in [0.2, 0.25) is 0 Å². The third kappa shape index (κ3) is 3.23. The highest BCUT2D eigenvalue weighted by Crippen LogP contribution is 2.19. The Labute approximate surface area is 141 Å². The van der Waals surface area contributed by atoms with Crippen molar-refractivity contribution in [3.63, 3.8) is 0 Å². The molecule has 2 aromatic heterocycles. The molecule has 24 heavy (non-hydrogen) atoms. The predicted molar refractivity (Wildman–Crippen MR) is 88.5 cm³/mol. The van der Waals surface area contributed by atoms with Crippen LogP contribution in [0.3, 0.4) is 0 Å². The van der Waals surface area contributed by atoms with Crippen LogP contribution in [0.15, 0.2) is 41.8 Å². The van der Waals surface area contributed by atoms with Gasteiger partial charge in [-0.1, -0.05) is 17.4 Å². The number of hydrogen-bond donors (Lipinski definition) is 0. The Morgan fingerprint density at radius 1 is 1.33 bits per heavy atom. The quantitative estimate of drug-likeness (QED) is 0.676. The zero-order valence-electron chi connectivity index (χ0n) is 13.1. The summed E-state index contributed by atoms with van der Waals surface area (Å²) in [5.74, 6) is -0.923. The van der Waals surface area contributed by atoms with Crippen LogP contribution in [0.25, 0.3) is 10.2 Å². The molecule has 0 spiro atoms. The van der Waals surface area contributed by atoms with Gasteiger partial charge in [-0.15, -0.1) is 0 Å². The number of aryl methyl sites for hydroxylation is 1. The average Bonchev–Trinajstić information content (AvgIpc) is 2.91. The van der Waals surface area contributed by atoms with Crippen LogP contribution in [-0.2, 0) is 16.1 Å². The van der Waals surface area contributed by atoms with Crippen LogP contribution in [-0.4, -0.2) is 33.5 Å². The SMILES string of the molecule is COC(=O)Cn1c(=NC(=O)c2cnccn2)sc2cc(C)ccc21. The molecular formula is C16H14N4O3S. The van der Waals surface area contributed by atoms with E-state index in [-0.39, 0.29) is 12.2 Å². The predicted octanol–water partition coefficient (Wildman–Crippen LogP) is 1.72. The smallest absolute Gasteiger partial charge is 0.325 e. The van der Waals surface area contributed by atoms with Crippen LogP contribution < -0.4 is 4.80 Å². The molecule has 0 atom stereocenters. The maximum absolute atomic E-state index is 12.3. The third-order valence-electron chi connectivity index (χ3n) is 3.33. The van der Waals surface area contributed by atoms with Crippen molar-refractivity contribution >= 4 is 33.4 Å². The van der Waals surface area contributed by atoms with Gasteiger partial charge in [0.05, 0.1) is 23.5 Å². The van der Waals surface area contributed by atoms with Gasteiger partial charge in [0.15, 0.2) is 4.80 Å². The van der Waals surface area contributed by atoms with Gasteiger partial charge >= 0.3 is 5.97 Å². The summed E-state index contributed by atoms with van der Waals surface area (Å²) in [6.45, 7) is 1.96. The van der Waals surface area contributed by atoms with Crippen LogP contribution >= 0.6 is 11.3 Å². The number of nitrogens with zero attached hydrogens (tertiary/aromatic N) is 4. The van der Waals surface area contributed by atoms with E-state index >= 15 is 0 Å². The normalized spacial score (nSPS) is 11.7. The van der Waals surface area contributed by atoms with E-state index in [2.05, 4.69) is 15.0 Å². The standard InChI is InChI=1S/C16H14N4O3S/c1-10-3-4-12-13(7-10)24-16(20(12)9-14(21)23-2)19-15(22)11-8-17-5-6-18-11/h3-8H,9H2,1-2H3. The molecule has 0 saturated carbocycles. The maximum atomic E-state index is 12.3. The van der Waals surface area contributed by atoms with Crippen LogP contribution in [0, 0.1) is 6.92 Å². The third-order valence-corrected chi connectivity index (χ3v) is 4.37. The fourth-order valence-electron chi connectivity index (χ4n) is 2.17. The molecule has 0 unspecified atom stereocenters. The molecule has 2 heterocycles.